The third-order valence-electron chi connectivity index (χ3n) is 1.47. The standard InChI is InChI=1S/C8H9IN2O/c9-11-8(12)4-3-7-2-1-5-10-6-7/h1-2,5-6H,3-4H2,(H,11,12). The van der Waals surface area contributed by atoms with Gasteiger partial charge in [-0.1, -0.05) is 6.07 Å². The molecule has 3 nitrogen and oxygen atoms in total. The maximum absolute atomic E-state index is 10.8. The molecule has 0 bridgehead atoms. The molecule has 0 radical (unpaired) electrons. The van der Waals surface area contributed by atoms with E-state index in [2.05, 4.69) is 8.51 Å². The van der Waals surface area contributed by atoms with Crippen LogP contribution in [0.15, 0.2) is 24.5 Å². The van der Waals surface area contributed by atoms with E-state index in [1.54, 1.807) is 12.4 Å². The average Bonchev–Trinajstić information content (AvgIpc) is 2.16. The lowest BCUT2D eigenvalue weighted by Gasteiger charge is -1.97. The number of carbonyl (C=O) groups is 1. The molecule has 0 saturated carbocycles. The molecule has 12 heavy (non-hydrogen) atoms. The van der Waals surface area contributed by atoms with Crippen molar-refractivity contribution in [1.29, 1.82) is 0 Å². The molecule has 0 aliphatic carbocycles. The molecule has 1 aromatic heterocycles. The van der Waals surface area contributed by atoms with Gasteiger partial charge in [-0.05, 0) is 18.1 Å². The molecule has 0 fully saturated rings. The molecule has 0 aliphatic heterocycles. The zero-order valence-electron chi connectivity index (χ0n) is 6.46. The third-order valence-corrected chi connectivity index (χ3v) is 2.07. The highest BCUT2D eigenvalue weighted by Crippen LogP contribution is 2.00. The Balaban J connectivity index is 2.38. The number of pyridine rings is 1. The summed E-state index contributed by atoms with van der Waals surface area (Å²) in [5, 5.41) is 0. The number of carbonyl (C=O) groups excluding carboxylic acids is 1. The van der Waals surface area contributed by atoms with Crippen LogP contribution >= 0.6 is 22.9 Å². The van der Waals surface area contributed by atoms with Crippen LogP contribution in [0, 0.1) is 0 Å². The van der Waals surface area contributed by atoms with Gasteiger partial charge in [-0.25, -0.2) is 0 Å². The molecule has 1 N–H and O–H groups in total. The molecule has 1 heterocycles. The smallest absolute Gasteiger partial charge is 0.228 e. The predicted molar refractivity (Wildman–Crippen MR) is 54.7 cm³/mol. The van der Waals surface area contributed by atoms with Gasteiger partial charge in [0.1, 0.15) is 0 Å². The van der Waals surface area contributed by atoms with Gasteiger partial charge >= 0.3 is 0 Å². The Morgan fingerprint density at radius 3 is 3.08 bits per heavy atom. The van der Waals surface area contributed by atoms with Gasteiger partial charge in [-0.15, -0.1) is 0 Å². The van der Waals surface area contributed by atoms with Crippen molar-refractivity contribution in [3.05, 3.63) is 30.1 Å². The van der Waals surface area contributed by atoms with Crippen molar-refractivity contribution in [3.63, 3.8) is 0 Å². The van der Waals surface area contributed by atoms with Crippen LogP contribution in [0.5, 0.6) is 0 Å². The second-order valence-electron chi connectivity index (χ2n) is 2.38. The van der Waals surface area contributed by atoms with Crippen molar-refractivity contribution < 1.29 is 4.79 Å². The van der Waals surface area contributed by atoms with Gasteiger partial charge in [0.05, 0.1) is 22.9 Å². The summed E-state index contributed by atoms with van der Waals surface area (Å²) in [7, 11) is 0. The molecular formula is C8H9IN2O. The summed E-state index contributed by atoms with van der Waals surface area (Å²) in [4.78, 5) is 14.8. The Morgan fingerprint density at radius 1 is 1.67 bits per heavy atom. The van der Waals surface area contributed by atoms with Gasteiger partial charge in [-0.2, -0.15) is 0 Å². The number of amides is 1. The van der Waals surface area contributed by atoms with Crippen molar-refractivity contribution in [3.8, 4) is 0 Å². The van der Waals surface area contributed by atoms with E-state index in [1.807, 2.05) is 35.0 Å². The Bertz CT molecular complexity index is 250. The molecule has 1 rings (SSSR count). The summed E-state index contributed by atoms with van der Waals surface area (Å²) in [6, 6.07) is 3.84. The van der Waals surface area contributed by atoms with E-state index < -0.39 is 0 Å². The molecule has 0 atom stereocenters. The lowest BCUT2D eigenvalue weighted by atomic mass is 10.1. The molecule has 0 saturated heterocycles. The fourth-order valence-corrected chi connectivity index (χ4v) is 1.12. The summed E-state index contributed by atoms with van der Waals surface area (Å²) in [5.74, 6) is 0.0550. The molecule has 4 heteroatoms. The van der Waals surface area contributed by atoms with Crippen LogP contribution in [0.2, 0.25) is 0 Å². The topological polar surface area (TPSA) is 42.0 Å². The Morgan fingerprint density at radius 2 is 2.50 bits per heavy atom. The van der Waals surface area contributed by atoms with Crippen LogP contribution in [0.1, 0.15) is 12.0 Å². The minimum Gasteiger partial charge on any atom is -0.299 e. The lowest BCUT2D eigenvalue weighted by molar-refractivity contribution is -0.118. The summed E-state index contributed by atoms with van der Waals surface area (Å²) in [6.45, 7) is 0. The van der Waals surface area contributed by atoms with E-state index in [-0.39, 0.29) is 5.91 Å². The van der Waals surface area contributed by atoms with Crippen LogP contribution in [0.25, 0.3) is 0 Å². The number of aryl methyl sites for hydroxylation is 1. The number of hydrogen-bond donors (Lipinski definition) is 1. The van der Waals surface area contributed by atoms with Crippen molar-refractivity contribution >= 4 is 28.8 Å². The zero-order chi connectivity index (χ0) is 8.81. The van der Waals surface area contributed by atoms with E-state index in [9.17, 15) is 4.79 Å². The normalized spacial score (nSPS) is 9.42. The molecule has 0 aromatic carbocycles. The average molecular weight is 276 g/mol. The summed E-state index contributed by atoms with van der Waals surface area (Å²) >= 11 is 1.84. The largest absolute Gasteiger partial charge is 0.299 e. The van der Waals surface area contributed by atoms with E-state index in [0.717, 1.165) is 12.0 Å². The van der Waals surface area contributed by atoms with Gasteiger partial charge in [0.25, 0.3) is 0 Å². The fourth-order valence-electron chi connectivity index (χ4n) is 0.851. The van der Waals surface area contributed by atoms with Gasteiger partial charge < -0.3 is 0 Å². The number of rotatable bonds is 3. The highest BCUT2D eigenvalue weighted by atomic mass is 127. The molecule has 1 amide bonds. The molecule has 0 aliphatic rings. The Hall–Kier alpha value is -0.650. The highest BCUT2D eigenvalue weighted by molar-refractivity contribution is 14.1. The van der Waals surface area contributed by atoms with Gasteiger partial charge in [0, 0.05) is 18.8 Å². The first-order chi connectivity index (χ1) is 5.83. The van der Waals surface area contributed by atoms with E-state index in [4.69, 9.17) is 0 Å². The van der Waals surface area contributed by atoms with E-state index >= 15 is 0 Å². The number of nitrogens with one attached hydrogen (secondary N) is 1. The predicted octanol–water partition coefficient (Wildman–Crippen LogP) is 1.48. The van der Waals surface area contributed by atoms with Gasteiger partial charge in [0.15, 0.2) is 0 Å². The highest BCUT2D eigenvalue weighted by Gasteiger charge is 1.98. The van der Waals surface area contributed by atoms with Crippen LogP contribution in [-0.2, 0) is 11.2 Å². The number of hydrogen-bond acceptors (Lipinski definition) is 2. The molecule has 64 valence electrons. The van der Waals surface area contributed by atoms with Gasteiger partial charge in [-0.3, -0.25) is 13.3 Å². The number of nitrogens with zero attached hydrogens (tertiary/aromatic N) is 1. The first-order valence-corrected chi connectivity index (χ1v) is 4.69. The van der Waals surface area contributed by atoms with Crippen LogP contribution in [0.3, 0.4) is 0 Å². The number of aromatic nitrogens is 1. The first-order valence-electron chi connectivity index (χ1n) is 3.61. The van der Waals surface area contributed by atoms with E-state index in [1.165, 1.54) is 0 Å². The maximum atomic E-state index is 10.8. The van der Waals surface area contributed by atoms with Gasteiger partial charge in [0.2, 0.25) is 5.91 Å². The fraction of sp³-hybridized carbons (Fsp3) is 0.250. The molecule has 0 spiro atoms. The Kier molecular flexibility index (Phi) is 3.99. The second kappa shape index (κ2) is 5.08. The minimum atomic E-state index is 0.0550. The van der Waals surface area contributed by atoms with Crippen molar-refractivity contribution in [1.82, 2.24) is 8.51 Å². The molecule has 0 unspecified atom stereocenters. The Labute approximate surface area is 85.1 Å². The van der Waals surface area contributed by atoms with Crippen molar-refractivity contribution in [2.75, 3.05) is 0 Å². The maximum Gasteiger partial charge on any atom is 0.228 e. The number of halogens is 1. The zero-order valence-corrected chi connectivity index (χ0v) is 8.61. The third kappa shape index (κ3) is 3.17. The summed E-state index contributed by atoms with van der Waals surface area (Å²) < 4.78 is 2.55. The molecular weight excluding hydrogens is 267 g/mol. The molecule has 1 aromatic rings. The van der Waals surface area contributed by atoms with Crippen LogP contribution < -0.4 is 3.53 Å². The SMILES string of the molecule is O=C(CCc1cccnc1)NI. The van der Waals surface area contributed by atoms with Crippen LogP contribution in [-0.4, -0.2) is 10.9 Å². The van der Waals surface area contributed by atoms with Crippen molar-refractivity contribution in [2.24, 2.45) is 0 Å². The summed E-state index contributed by atoms with van der Waals surface area (Å²) in [6.07, 6.45) is 4.78. The second-order valence-corrected chi connectivity index (χ2v) is 2.92. The minimum absolute atomic E-state index is 0.0550. The quantitative estimate of drug-likeness (QED) is 0.671. The van der Waals surface area contributed by atoms with Crippen LogP contribution in [0.4, 0.5) is 0 Å². The summed E-state index contributed by atoms with van der Waals surface area (Å²) in [5.41, 5.74) is 1.09. The monoisotopic (exact) mass is 276 g/mol. The van der Waals surface area contributed by atoms with Crippen molar-refractivity contribution in [2.45, 2.75) is 12.8 Å². The first kappa shape index (κ1) is 9.44. The van der Waals surface area contributed by atoms with E-state index in [0.29, 0.717) is 6.42 Å². The lowest BCUT2D eigenvalue weighted by Crippen LogP contribution is -2.11.